The molecule has 0 fully saturated rings. The number of nitrogens with zero attached hydrogens (tertiary/aromatic N) is 2. The first kappa shape index (κ1) is 11.3. The van der Waals surface area contributed by atoms with Crippen molar-refractivity contribution in [3.8, 4) is 0 Å². The second-order valence-corrected chi connectivity index (χ2v) is 3.87. The molecule has 17 heavy (non-hydrogen) atoms. The summed E-state index contributed by atoms with van der Waals surface area (Å²) in [5.41, 5.74) is 7.21. The summed E-state index contributed by atoms with van der Waals surface area (Å²) in [7, 11) is 0. The number of hydrogen-bond acceptors (Lipinski definition) is 3. The Morgan fingerprint density at radius 2 is 2.00 bits per heavy atom. The van der Waals surface area contributed by atoms with Gasteiger partial charge in [-0.15, -0.1) is 0 Å². The summed E-state index contributed by atoms with van der Waals surface area (Å²) >= 11 is 0. The lowest BCUT2D eigenvalue weighted by Gasteiger charge is -2.05. The van der Waals surface area contributed by atoms with Crippen molar-refractivity contribution < 1.29 is 0 Å². The summed E-state index contributed by atoms with van der Waals surface area (Å²) in [6, 6.07) is 12.0. The molecule has 0 spiro atoms. The number of benzene rings is 1. The first-order valence-corrected chi connectivity index (χ1v) is 5.53. The van der Waals surface area contributed by atoms with Gasteiger partial charge in [-0.05, 0) is 31.5 Å². The van der Waals surface area contributed by atoms with Crippen LogP contribution in [0.3, 0.4) is 0 Å². The number of aromatic nitrogens is 1. The largest absolute Gasteiger partial charge is 0.278 e. The van der Waals surface area contributed by atoms with E-state index in [1.54, 1.807) is 12.4 Å². The van der Waals surface area contributed by atoms with Gasteiger partial charge in [-0.25, -0.2) is 0 Å². The van der Waals surface area contributed by atoms with Gasteiger partial charge in [0.2, 0.25) is 0 Å². The fourth-order valence-electron chi connectivity index (χ4n) is 1.48. The van der Waals surface area contributed by atoms with Crippen LogP contribution in [0, 0.1) is 6.92 Å². The molecule has 3 nitrogen and oxygen atoms in total. The molecule has 0 radical (unpaired) electrons. The van der Waals surface area contributed by atoms with E-state index in [0.29, 0.717) is 0 Å². The average Bonchev–Trinajstić information content (AvgIpc) is 2.38. The lowest BCUT2D eigenvalue weighted by molar-refractivity contribution is 1.27. The Kier molecular flexibility index (Phi) is 3.50. The van der Waals surface area contributed by atoms with Crippen LogP contribution in [0.15, 0.2) is 53.9 Å². The lowest BCUT2D eigenvalue weighted by atomic mass is 10.2. The molecule has 2 aromatic rings. The number of anilines is 1. The number of hydrogen-bond donors (Lipinski definition) is 1. The van der Waals surface area contributed by atoms with Gasteiger partial charge in [-0.1, -0.05) is 24.3 Å². The summed E-state index contributed by atoms with van der Waals surface area (Å²) in [5, 5.41) is 4.35. The number of nitrogens with one attached hydrogen (secondary N) is 1. The van der Waals surface area contributed by atoms with E-state index in [0.717, 1.165) is 17.0 Å². The van der Waals surface area contributed by atoms with Crippen molar-refractivity contribution in [3.63, 3.8) is 0 Å². The third kappa shape index (κ3) is 2.91. The topological polar surface area (TPSA) is 37.3 Å². The lowest BCUT2D eigenvalue weighted by Crippen LogP contribution is -2.00. The van der Waals surface area contributed by atoms with Gasteiger partial charge in [0.25, 0.3) is 0 Å². The molecule has 0 atom stereocenters. The normalized spacial score (nSPS) is 11.3. The van der Waals surface area contributed by atoms with Crippen LogP contribution in [0.25, 0.3) is 0 Å². The molecule has 0 amide bonds. The van der Waals surface area contributed by atoms with Gasteiger partial charge in [0.15, 0.2) is 0 Å². The fourth-order valence-corrected chi connectivity index (χ4v) is 1.48. The molecule has 0 saturated carbocycles. The highest BCUT2D eigenvalue weighted by Crippen LogP contribution is 2.13. The van der Waals surface area contributed by atoms with Crippen LogP contribution in [0.2, 0.25) is 0 Å². The van der Waals surface area contributed by atoms with Crippen LogP contribution in [0.4, 0.5) is 5.69 Å². The van der Waals surface area contributed by atoms with E-state index < -0.39 is 0 Å². The predicted molar refractivity (Wildman–Crippen MR) is 71.2 cm³/mol. The summed E-state index contributed by atoms with van der Waals surface area (Å²) in [5.74, 6) is 0. The van der Waals surface area contributed by atoms with E-state index in [-0.39, 0.29) is 0 Å². The summed E-state index contributed by atoms with van der Waals surface area (Å²) < 4.78 is 0. The van der Waals surface area contributed by atoms with Crippen LogP contribution in [-0.4, -0.2) is 10.7 Å². The number of aryl methyl sites for hydroxylation is 1. The SMILES string of the molecule is C/C(=N/Nc1ccccc1C)c1cccnc1. The summed E-state index contributed by atoms with van der Waals surface area (Å²) in [6.45, 7) is 4.01. The smallest absolute Gasteiger partial charge is 0.0663 e. The molecule has 1 heterocycles. The number of hydrazone groups is 1. The van der Waals surface area contributed by atoms with Gasteiger partial charge < -0.3 is 0 Å². The van der Waals surface area contributed by atoms with Crippen molar-refractivity contribution >= 4 is 11.4 Å². The van der Waals surface area contributed by atoms with Crippen molar-refractivity contribution in [3.05, 3.63) is 59.9 Å². The fraction of sp³-hybridized carbons (Fsp3) is 0.143. The molecular weight excluding hydrogens is 210 g/mol. The maximum Gasteiger partial charge on any atom is 0.0663 e. The van der Waals surface area contributed by atoms with Crippen molar-refractivity contribution in [2.45, 2.75) is 13.8 Å². The predicted octanol–water partition coefficient (Wildman–Crippen LogP) is 3.23. The van der Waals surface area contributed by atoms with Gasteiger partial charge in [0.05, 0.1) is 11.4 Å². The third-order valence-electron chi connectivity index (χ3n) is 2.57. The average molecular weight is 225 g/mol. The molecular formula is C14H15N3. The van der Waals surface area contributed by atoms with E-state index >= 15 is 0 Å². The molecule has 3 heteroatoms. The standard InChI is InChI=1S/C14H15N3/c1-11-6-3-4-8-14(11)17-16-12(2)13-7-5-9-15-10-13/h3-10,17H,1-2H3/b16-12-. The van der Waals surface area contributed by atoms with E-state index in [9.17, 15) is 0 Å². The minimum absolute atomic E-state index is 0.918. The highest BCUT2D eigenvalue weighted by molar-refractivity contribution is 5.98. The Balaban J connectivity index is 2.14. The molecule has 2 rings (SSSR count). The van der Waals surface area contributed by atoms with Crippen LogP contribution < -0.4 is 5.43 Å². The maximum atomic E-state index is 4.35. The minimum atomic E-state index is 0.918. The second kappa shape index (κ2) is 5.25. The quantitative estimate of drug-likeness (QED) is 0.643. The van der Waals surface area contributed by atoms with Gasteiger partial charge in [-0.3, -0.25) is 10.4 Å². The molecule has 1 N–H and O–H groups in total. The Hall–Kier alpha value is -2.16. The zero-order valence-electron chi connectivity index (χ0n) is 10.0. The van der Waals surface area contributed by atoms with Crippen LogP contribution >= 0.6 is 0 Å². The highest BCUT2D eigenvalue weighted by Gasteiger charge is 1.97. The van der Waals surface area contributed by atoms with E-state index in [4.69, 9.17) is 0 Å². The highest BCUT2D eigenvalue weighted by atomic mass is 15.3. The molecule has 0 aliphatic carbocycles. The molecule has 0 saturated heterocycles. The summed E-state index contributed by atoms with van der Waals surface area (Å²) in [4.78, 5) is 4.07. The van der Waals surface area contributed by atoms with Gasteiger partial charge >= 0.3 is 0 Å². The first-order chi connectivity index (χ1) is 8.27. The molecule has 1 aromatic heterocycles. The van der Waals surface area contributed by atoms with Crippen LogP contribution in [0.1, 0.15) is 18.1 Å². The second-order valence-electron chi connectivity index (χ2n) is 3.87. The Labute approximate surface area is 101 Å². The minimum Gasteiger partial charge on any atom is -0.278 e. The molecule has 0 bridgehead atoms. The molecule has 0 unspecified atom stereocenters. The zero-order chi connectivity index (χ0) is 12.1. The van der Waals surface area contributed by atoms with Crippen molar-refractivity contribution in [1.82, 2.24) is 4.98 Å². The van der Waals surface area contributed by atoms with Gasteiger partial charge in [0, 0.05) is 18.0 Å². The van der Waals surface area contributed by atoms with Crippen LogP contribution in [-0.2, 0) is 0 Å². The summed E-state index contributed by atoms with van der Waals surface area (Å²) in [6.07, 6.45) is 3.56. The van der Waals surface area contributed by atoms with E-state index in [2.05, 4.69) is 28.5 Å². The molecule has 0 aliphatic rings. The zero-order valence-corrected chi connectivity index (χ0v) is 10.0. The first-order valence-electron chi connectivity index (χ1n) is 5.53. The third-order valence-corrected chi connectivity index (χ3v) is 2.57. The maximum absolute atomic E-state index is 4.35. The van der Waals surface area contributed by atoms with Gasteiger partial charge in [-0.2, -0.15) is 5.10 Å². The van der Waals surface area contributed by atoms with Crippen molar-refractivity contribution in [2.75, 3.05) is 5.43 Å². The molecule has 86 valence electrons. The number of pyridine rings is 1. The van der Waals surface area contributed by atoms with Crippen molar-refractivity contribution in [2.24, 2.45) is 5.10 Å². The molecule has 1 aromatic carbocycles. The van der Waals surface area contributed by atoms with Crippen LogP contribution in [0.5, 0.6) is 0 Å². The van der Waals surface area contributed by atoms with Gasteiger partial charge in [0.1, 0.15) is 0 Å². The van der Waals surface area contributed by atoms with E-state index in [1.807, 2.05) is 37.3 Å². The Morgan fingerprint density at radius 1 is 1.18 bits per heavy atom. The Morgan fingerprint density at radius 3 is 2.71 bits per heavy atom. The number of para-hydroxylation sites is 1. The Bertz CT molecular complexity index is 518. The van der Waals surface area contributed by atoms with E-state index in [1.165, 1.54) is 5.56 Å². The number of rotatable bonds is 3. The monoisotopic (exact) mass is 225 g/mol. The van der Waals surface area contributed by atoms with Crippen molar-refractivity contribution in [1.29, 1.82) is 0 Å². The molecule has 0 aliphatic heterocycles.